The van der Waals surface area contributed by atoms with E-state index in [-0.39, 0.29) is 23.9 Å². The molecule has 4 N–H and O–H groups in total. The normalized spacial score (nSPS) is 22.3. The lowest BCUT2D eigenvalue weighted by atomic mass is 10.1. The second-order valence-electron chi connectivity index (χ2n) is 3.89. The van der Waals surface area contributed by atoms with Gasteiger partial charge < -0.3 is 16.4 Å². The molecule has 2 atom stereocenters. The average Bonchev–Trinajstić information content (AvgIpc) is 2.64. The Bertz CT molecular complexity index is 243. The molecule has 5 nitrogen and oxygen atoms in total. The van der Waals surface area contributed by atoms with Gasteiger partial charge in [0, 0.05) is 19.0 Å². The standard InChI is InChI=1S/C10H19N3O2/c1-2-3-7(6-11)12-10(15)8-4-5-9(14)13-8/h7-8H,2-6,11H2,1H3,(H,12,15)(H,13,14)/t7?,8-/m1/s1. The number of carbonyl (C=O) groups excluding carboxylic acids is 2. The molecule has 0 aromatic heterocycles. The van der Waals surface area contributed by atoms with Gasteiger partial charge in [-0.05, 0) is 12.8 Å². The number of carbonyl (C=O) groups is 2. The maximum Gasteiger partial charge on any atom is 0.242 e. The van der Waals surface area contributed by atoms with Crippen molar-refractivity contribution >= 4 is 11.8 Å². The predicted octanol–water partition coefficient (Wildman–Crippen LogP) is -0.491. The molecule has 5 heteroatoms. The van der Waals surface area contributed by atoms with Crippen molar-refractivity contribution in [2.75, 3.05) is 6.54 Å². The lowest BCUT2D eigenvalue weighted by Crippen LogP contribution is -2.48. The van der Waals surface area contributed by atoms with Crippen LogP contribution in [-0.2, 0) is 9.59 Å². The first-order valence-corrected chi connectivity index (χ1v) is 5.47. The summed E-state index contributed by atoms with van der Waals surface area (Å²) in [6, 6.07) is -0.330. The van der Waals surface area contributed by atoms with Crippen molar-refractivity contribution in [3.8, 4) is 0 Å². The second kappa shape index (κ2) is 5.70. The summed E-state index contributed by atoms with van der Waals surface area (Å²) in [5.41, 5.74) is 5.53. The van der Waals surface area contributed by atoms with Gasteiger partial charge in [-0.3, -0.25) is 9.59 Å². The third-order valence-electron chi connectivity index (χ3n) is 2.58. The van der Waals surface area contributed by atoms with Crippen LogP contribution in [0.4, 0.5) is 0 Å². The summed E-state index contributed by atoms with van der Waals surface area (Å²) in [7, 11) is 0. The van der Waals surface area contributed by atoms with Gasteiger partial charge in [0.1, 0.15) is 6.04 Å². The van der Waals surface area contributed by atoms with Gasteiger partial charge in [-0.25, -0.2) is 0 Å². The molecule has 86 valence electrons. The minimum Gasteiger partial charge on any atom is -0.350 e. The van der Waals surface area contributed by atoms with Gasteiger partial charge in [-0.15, -0.1) is 0 Å². The summed E-state index contributed by atoms with van der Waals surface area (Å²) in [5, 5.41) is 5.48. The molecule has 1 saturated heterocycles. The van der Waals surface area contributed by atoms with Gasteiger partial charge in [0.2, 0.25) is 11.8 Å². The van der Waals surface area contributed by atoms with E-state index in [1.165, 1.54) is 0 Å². The molecule has 1 rings (SSSR count). The largest absolute Gasteiger partial charge is 0.350 e. The first-order chi connectivity index (χ1) is 7.17. The van der Waals surface area contributed by atoms with Crippen LogP contribution >= 0.6 is 0 Å². The van der Waals surface area contributed by atoms with E-state index >= 15 is 0 Å². The third-order valence-corrected chi connectivity index (χ3v) is 2.58. The Morgan fingerprint density at radius 1 is 1.73 bits per heavy atom. The third kappa shape index (κ3) is 3.51. The number of rotatable bonds is 5. The first kappa shape index (κ1) is 12.0. The Morgan fingerprint density at radius 2 is 2.47 bits per heavy atom. The highest BCUT2D eigenvalue weighted by Gasteiger charge is 2.27. The number of hydrogen-bond donors (Lipinski definition) is 3. The van der Waals surface area contributed by atoms with Crippen LogP contribution in [0.5, 0.6) is 0 Å². The quantitative estimate of drug-likeness (QED) is 0.576. The molecule has 0 aromatic carbocycles. The molecule has 1 fully saturated rings. The Morgan fingerprint density at radius 3 is 2.93 bits per heavy atom. The van der Waals surface area contributed by atoms with E-state index in [1.807, 2.05) is 6.92 Å². The number of hydrogen-bond acceptors (Lipinski definition) is 3. The van der Waals surface area contributed by atoms with Crippen molar-refractivity contribution in [2.24, 2.45) is 5.73 Å². The first-order valence-electron chi connectivity index (χ1n) is 5.47. The second-order valence-corrected chi connectivity index (χ2v) is 3.89. The molecule has 1 aliphatic heterocycles. The van der Waals surface area contributed by atoms with Gasteiger partial charge >= 0.3 is 0 Å². The van der Waals surface area contributed by atoms with Crippen molar-refractivity contribution in [1.82, 2.24) is 10.6 Å². The zero-order valence-electron chi connectivity index (χ0n) is 9.08. The van der Waals surface area contributed by atoms with Crippen LogP contribution < -0.4 is 16.4 Å². The Kier molecular flexibility index (Phi) is 4.55. The minimum absolute atomic E-state index is 0.0278. The molecule has 1 heterocycles. The van der Waals surface area contributed by atoms with Crippen molar-refractivity contribution in [3.05, 3.63) is 0 Å². The van der Waals surface area contributed by atoms with Gasteiger partial charge in [-0.2, -0.15) is 0 Å². The average molecular weight is 213 g/mol. The number of nitrogens with one attached hydrogen (secondary N) is 2. The zero-order valence-corrected chi connectivity index (χ0v) is 9.08. The highest BCUT2D eigenvalue weighted by atomic mass is 16.2. The fourth-order valence-electron chi connectivity index (χ4n) is 1.71. The topological polar surface area (TPSA) is 84.2 Å². The smallest absolute Gasteiger partial charge is 0.242 e. The van der Waals surface area contributed by atoms with Crippen LogP contribution in [0.1, 0.15) is 32.6 Å². The number of nitrogens with two attached hydrogens (primary N) is 1. The zero-order chi connectivity index (χ0) is 11.3. The van der Waals surface area contributed by atoms with Gasteiger partial charge in [0.05, 0.1) is 0 Å². The maximum atomic E-state index is 11.7. The van der Waals surface area contributed by atoms with E-state index < -0.39 is 0 Å². The van der Waals surface area contributed by atoms with E-state index in [0.717, 1.165) is 12.8 Å². The molecular weight excluding hydrogens is 194 g/mol. The van der Waals surface area contributed by atoms with Gasteiger partial charge in [0.15, 0.2) is 0 Å². The maximum absolute atomic E-state index is 11.7. The monoisotopic (exact) mass is 213 g/mol. The molecule has 1 unspecified atom stereocenters. The molecular formula is C10H19N3O2. The predicted molar refractivity (Wildman–Crippen MR) is 57.1 cm³/mol. The van der Waals surface area contributed by atoms with Crippen LogP contribution in [-0.4, -0.2) is 30.4 Å². The molecule has 15 heavy (non-hydrogen) atoms. The van der Waals surface area contributed by atoms with Gasteiger partial charge in [-0.1, -0.05) is 13.3 Å². The fourth-order valence-corrected chi connectivity index (χ4v) is 1.71. The number of amides is 2. The van der Waals surface area contributed by atoms with Crippen molar-refractivity contribution in [2.45, 2.75) is 44.7 Å². The van der Waals surface area contributed by atoms with Crippen molar-refractivity contribution < 1.29 is 9.59 Å². The summed E-state index contributed by atoms with van der Waals surface area (Å²) < 4.78 is 0. The molecule has 0 spiro atoms. The van der Waals surface area contributed by atoms with Crippen LogP contribution in [0.25, 0.3) is 0 Å². The molecule has 0 saturated carbocycles. The summed E-state index contributed by atoms with van der Waals surface area (Å²) in [5.74, 6) is -0.153. The summed E-state index contributed by atoms with van der Waals surface area (Å²) in [6.07, 6.45) is 2.90. The highest BCUT2D eigenvalue weighted by molar-refractivity contribution is 5.90. The molecule has 0 bridgehead atoms. The molecule has 0 radical (unpaired) electrons. The van der Waals surface area contributed by atoms with Crippen LogP contribution in [0.2, 0.25) is 0 Å². The van der Waals surface area contributed by atoms with Crippen molar-refractivity contribution in [1.29, 1.82) is 0 Å². The molecule has 0 aromatic rings. The molecule has 1 aliphatic rings. The van der Waals surface area contributed by atoms with E-state index in [9.17, 15) is 9.59 Å². The lowest BCUT2D eigenvalue weighted by molar-refractivity contribution is -0.126. The minimum atomic E-state index is -0.358. The fraction of sp³-hybridized carbons (Fsp3) is 0.800. The Labute approximate surface area is 89.8 Å². The summed E-state index contributed by atoms with van der Waals surface area (Å²) in [4.78, 5) is 22.6. The van der Waals surface area contributed by atoms with Crippen LogP contribution in [0.15, 0.2) is 0 Å². The summed E-state index contributed by atoms with van der Waals surface area (Å²) in [6.45, 7) is 2.49. The SMILES string of the molecule is CCCC(CN)NC(=O)[C@H]1CCC(=O)N1. The Balaban J connectivity index is 2.36. The Hall–Kier alpha value is -1.10. The van der Waals surface area contributed by atoms with Gasteiger partial charge in [0.25, 0.3) is 0 Å². The summed E-state index contributed by atoms with van der Waals surface area (Å²) >= 11 is 0. The highest BCUT2D eigenvalue weighted by Crippen LogP contribution is 2.07. The van der Waals surface area contributed by atoms with E-state index in [0.29, 0.717) is 19.4 Å². The molecule has 0 aliphatic carbocycles. The lowest BCUT2D eigenvalue weighted by Gasteiger charge is -2.18. The van der Waals surface area contributed by atoms with E-state index in [4.69, 9.17) is 5.73 Å². The van der Waals surface area contributed by atoms with Crippen LogP contribution in [0.3, 0.4) is 0 Å². The van der Waals surface area contributed by atoms with E-state index in [1.54, 1.807) is 0 Å². The van der Waals surface area contributed by atoms with Crippen LogP contribution in [0, 0.1) is 0 Å². The molecule has 2 amide bonds. The van der Waals surface area contributed by atoms with E-state index in [2.05, 4.69) is 10.6 Å². The van der Waals surface area contributed by atoms with Crippen molar-refractivity contribution in [3.63, 3.8) is 0 Å².